The molecule has 0 spiro atoms. The molecule has 4 nitrogen and oxygen atoms in total. The fraction of sp³-hybridized carbons (Fsp3) is 0.200. The van der Waals surface area contributed by atoms with E-state index in [-0.39, 0.29) is 6.61 Å². The van der Waals surface area contributed by atoms with Gasteiger partial charge in [-0.2, -0.15) is 0 Å². The van der Waals surface area contributed by atoms with E-state index >= 15 is 0 Å². The predicted molar refractivity (Wildman–Crippen MR) is 80.1 cm³/mol. The van der Waals surface area contributed by atoms with Crippen LogP contribution in [0.15, 0.2) is 35.7 Å². The Morgan fingerprint density at radius 1 is 1.20 bits per heavy atom. The molecule has 0 aliphatic heterocycles. The fourth-order valence-corrected chi connectivity index (χ4v) is 3.11. The highest BCUT2D eigenvalue weighted by Gasteiger charge is 2.16. The average Bonchev–Trinajstić information content (AvgIpc) is 3.06. The van der Waals surface area contributed by atoms with Crippen molar-refractivity contribution >= 4 is 11.3 Å². The number of aliphatic hydroxyl groups is 1. The maximum Gasteiger partial charge on any atom is 0.117 e. The summed E-state index contributed by atoms with van der Waals surface area (Å²) in [7, 11) is 0. The molecule has 0 atom stereocenters. The third-order valence-electron chi connectivity index (χ3n) is 3.10. The fourth-order valence-electron chi connectivity index (χ4n) is 2.33. The van der Waals surface area contributed by atoms with Crippen molar-refractivity contribution in [2.45, 2.75) is 20.5 Å². The van der Waals surface area contributed by atoms with Crippen LogP contribution in [0.2, 0.25) is 0 Å². The molecule has 1 aromatic carbocycles. The first kappa shape index (κ1) is 13.0. The number of thiophene rings is 1. The van der Waals surface area contributed by atoms with Crippen molar-refractivity contribution in [1.82, 2.24) is 15.0 Å². The summed E-state index contributed by atoms with van der Waals surface area (Å²) in [5.74, 6) is 0. The first-order chi connectivity index (χ1) is 9.69. The van der Waals surface area contributed by atoms with Gasteiger partial charge >= 0.3 is 0 Å². The largest absolute Gasteiger partial charge is 0.390 e. The molecule has 0 aliphatic rings. The number of rotatable bonds is 3. The quantitative estimate of drug-likeness (QED) is 0.804. The smallest absolute Gasteiger partial charge is 0.117 e. The van der Waals surface area contributed by atoms with Gasteiger partial charge in [-0.3, -0.25) is 0 Å². The van der Waals surface area contributed by atoms with Gasteiger partial charge in [0.2, 0.25) is 0 Å². The molecule has 102 valence electrons. The molecule has 0 saturated heterocycles. The number of aliphatic hydroxyl groups excluding tert-OH is 1. The van der Waals surface area contributed by atoms with E-state index in [0.29, 0.717) is 5.69 Å². The van der Waals surface area contributed by atoms with Gasteiger partial charge in [0.25, 0.3) is 0 Å². The van der Waals surface area contributed by atoms with Crippen molar-refractivity contribution in [3.63, 3.8) is 0 Å². The zero-order valence-corrected chi connectivity index (χ0v) is 12.2. The highest BCUT2D eigenvalue weighted by Crippen LogP contribution is 2.29. The summed E-state index contributed by atoms with van der Waals surface area (Å²) in [6, 6.07) is 10.3. The van der Waals surface area contributed by atoms with Crippen molar-refractivity contribution in [2.75, 3.05) is 0 Å². The lowest BCUT2D eigenvalue weighted by Crippen LogP contribution is -2.00. The van der Waals surface area contributed by atoms with Crippen LogP contribution in [0.3, 0.4) is 0 Å². The molecule has 20 heavy (non-hydrogen) atoms. The number of hydrogen-bond donors (Lipinski definition) is 1. The molecule has 0 bridgehead atoms. The van der Waals surface area contributed by atoms with Crippen molar-refractivity contribution in [1.29, 1.82) is 0 Å². The van der Waals surface area contributed by atoms with Gasteiger partial charge in [-0.05, 0) is 48.6 Å². The van der Waals surface area contributed by atoms with Crippen molar-refractivity contribution in [3.05, 3.63) is 52.5 Å². The summed E-state index contributed by atoms with van der Waals surface area (Å²) in [6.07, 6.45) is 0. The third-order valence-corrected chi connectivity index (χ3v) is 3.97. The van der Waals surface area contributed by atoms with Crippen LogP contribution < -0.4 is 0 Å². The van der Waals surface area contributed by atoms with Gasteiger partial charge in [0.15, 0.2) is 0 Å². The average molecular weight is 285 g/mol. The predicted octanol–water partition coefficient (Wildman–Crippen LogP) is 3.10. The van der Waals surface area contributed by atoms with E-state index in [2.05, 4.69) is 42.4 Å². The molecule has 2 heterocycles. The van der Waals surface area contributed by atoms with E-state index in [1.807, 2.05) is 17.5 Å². The molecular weight excluding hydrogens is 270 g/mol. The highest BCUT2D eigenvalue weighted by molar-refractivity contribution is 7.13. The summed E-state index contributed by atoms with van der Waals surface area (Å²) in [5, 5.41) is 19.8. The number of nitrogens with zero attached hydrogens (tertiary/aromatic N) is 3. The van der Waals surface area contributed by atoms with Gasteiger partial charge in [-0.1, -0.05) is 17.3 Å². The Labute approximate surface area is 121 Å². The van der Waals surface area contributed by atoms with Gasteiger partial charge in [-0.25, -0.2) is 4.68 Å². The van der Waals surface area contributed by atoms with E-state index in [4.69, 9.17) is 0 Å². The first-order valence-electron chi connectivity index (χ1n) is 6.37. The molecule has 1 N–H and O–H groups in total. The second-order valence-corrected chi connectivity index (χ2v) is 5.73. The van der Waals surface area contributed by atoms with Crippen LogP contribution >= 0.6 is 11.3 Å². The molecule has 3 rings (SSSR count). The van der Waals surface area contributed by atoms with Gasteiger partial charge in [0.1, 0.15) is 11.4 Å². The second kappa shape index (κ2) is 5.19. The lowest BCUT2D eigenvalue weighted by molar-refractivity contribution is 0.277. The Bertz CT molecular complexity index is 711. The molecule has 3 aromatic rings. The highest BCUT2D eigenvalue weighted by atomic mass is 32.1. The molecular formula is C15H15N3OS. The molecule has 0 amide bonds. The van der Waals surface area contributed by atoms with E-state index < -0.39 is 0 Å². The Morgan fingerprint density at radius 3 is 2.55 bits per heavy atom. The third kappa shape index (κ3) is 2.26. The van der Waals surface area contributed by atoms with E-state index in [1.165, 1.54) is 11.1 Å². The Balaban J connectivity index is 2.22. The molecule has 0 radical (unpaired) electrons. The lowest BCUT2D eigenvalue weighted by atomic mass is 10.1. The minimum atomic E-state index is -0.113. The molecule has 0 aliphatic carbocycles. The van der Waals surface area contributed by atoms with Crippen LogP contribution in [0, 0.1) is 13.8 Å². The summed E-state index contributed by atoms with van der Waals surface area (Å²) in [6.45, 7) is 4.01. The van der Waals surface area contributed by atoms with Gasteiger partial charge in [0.05, 0.1) is 17.2 Å². The summed E-state index contributed by atoms with van der Waals surface area (Å²) >= 11 is 1.62. The summed E-state index contributed by atoms with van der Waals surface area (Å²) < 4.78 is 1.80. The molecule has 0 saturated carbocycles. The van der Waals surface area contributed by atoms with Crippen LogP contribution in [-0.2, 0) is 6.61 Å². The van der Waals surface area contributed by atoms with Crippen LogP contribution in [0.1, 0.15) is 16.8 Å². The van der Waals surface area contributed by atoms with Crippen molar-refractivity contribution in [2.24, 2.45) is 0 Å². The number of hydrogen-bond acceptors (Lipinski definition) is 4. The van der Waals surface area contributed by atoms with Crippen LogP contribution in [-0.4, -0.2) is 20.1 Å². The maximum absolute atomic E-state index is 9.48. The number of aryl methyl sites for hydroxylation is 2. The SMILES string of the molecule is Cc1cc(C)cc(-n2nnc(CO)c2-c2cccs2)c1. The molecule has 0 fully saturated rings. The van der Waals surface area contributed by atoms with E-state index in [1.54, 1.807) is 16.0 Å². The molecule has 2 aromatic heterocycles. The molecule has 0 unspecified atom stereocenters. The minimum Gasteiger partial charge on any atom is -0.390 e. The summed E-state index contributed by atoms with van der Waals surface area (Å²) in [5.41, 5.74) is 4.80. The topological polar surface area (TPSA) is 50.9 Å². The van der Waals surface area contributed by atoms with Gasteiger partial charge in [-0.15, -0.1) is 16.4 Å². The van der Waals surface area contributed by atoms with E-state index in [9.17, 15) is 5.11 Å². The Morgan fingerprint density at radius 2 is 1.95 bits per heavy atom. The number of benzene rings is 1. The van der Waals surface area contributed by atoms with Crippen molar-refractivity contribution < 1.29 is 5.11 Å². The van der Waals surface area contributed by atoms with Crippen molar-refractivity contribution in [3.8, 4) is 16.3 Å². The Hall–Kier alpha value is -1.98. The Kier molecular flexibility index (Phi) is 3.38. The monoisotopic (exact) mass is 285 g/mol. The van der Waals surface area contributed by atoms with Gasteiger partial charge < -0.3 is 5.11 Å². The number of aromatic nitrogens is 3. The minimum absolute atomic E-state index is 0.113. The second-order valence-electron chi connectivity index (χ2n) is 4.78. The first-order valence-corrected chi connectivity index (χ1v) is 7.25. The van der Waals surface area contributed by atoms with Crippen LogP contribution in [0.4, 0.5) is 0 Å². The van der Waals surface area contributed by atoms with Crippen LogP contribution in [0.25, 0.3) is 16.3 Å². The summed E-state index contributed by atoms with van der Waals surface area (Å²) in [4.78, 5) is 1.05. The van der Waals surface area contributed by atoms with Gasteiger partial charge in [0, 0.05) is 0 Å². The maximum atomic E-state index is 9.48. The normalized spacial score (nSPS) is 10.9. The van der Waals surface area contributed by atoms with Crippen LogP contribution in [0.5, 0.6) is 0 Å². The zero-order chi connectivity index (χ0) is 14.1. The van der Waals surface area contributed by atoms with E-state index in [0.717, 1.165) is 16.3 Å². The zero-order valence-electron chi connectivity index (χ0n) is 11.4. The standard InChI is InChI=1S/C15H15N3OS/c1-10-6-11(2)8-12(7-10)18-15(13(9-19)16-17-18)14-4-3-5-20-14/h3-8,19H,9H2,1-2H3. The molecule has 5 heteroatoms. The lowest BCUT2D eigenvalue weighted by Gasteiger charge is -2.08.